The van der Waals surface area contributed by atoms with Crippen molar-refractivity contribution in [3.05, 3.63) is 65.7 Å². The molecule has 0 saturated heterocycles. The molecule has 2 rings (SSSR count). The van der Waals surface area contributed by atoms with Crippen LogP contribution >= 0.6 is 0 Å². The molecule has 1 atom stereocenters. The van der Waals surface area contributed by atoms with Gasteiger partial charge in [0.2, 0.25) is 0 Å². The van der Waals surface area contributed by atoms with Crippen LogP contribution in [0, 0.1) is 0 Å². The summed E-state index contributed by atoms with van der Waals surface area (Å²) in [6.45, 7) is 5.05. The number of aliphatic carboxylic acids is 1. The van der Waals surface area contributed by atoms with Crippen LogP contribution < -0.4 is 10.6 Å². The number of amides is 2. The number of ether oxygens (including phenoxy) is 2. The van der Waals surface area contributed by atoms with Gasteiger partial charge in [-0.05, 0) is 44.5 Å². The molecule has 9 nitrogen and oxygen atoms in total. The summed E-state index contributed by atoms with van der Waals surface area (Å²) in [5.74, 6) is -2.84. The van der Waals surface area contributed by atoms with E-state index in [1.165, 1.54) is 18.2 Å². The molecular weight excluding hydrogens is 416 g/mol. The number of nitrogens with one attached hydrogen (secondary N) is 2. The van der Waals surface area contributed by atoms with E-state index >= 15 is 0 Å². The molecule has 0 spiro atoms. The van der Waals surface area contributed by atoms with Crippen molar-refractivity contribution in [3.63, 3.8) is 0 Å². The lowest BCUT2D eigenvalue weighted by atomic mass is 10.1. The van der Waals surface area contributed by atoms with Crippen LogP contribution in [0.5, 0.6) is 0 Å². The first-order valence-corrected chi connectivity index (χ1v) is 9.87. The number of carbonyl (C=O) groups excluding carboxylic acids is 3. The van der Waals surface area contributed by atoms with Crippen molar-refractivity contribution in [3.8, 4) is 0 Å². The summed E-state index contributed by atoms with van der Waals surface area (Å²) in [6, 6.07) is 13.5. The van der Waals surface area contributed by atoms with Gasteiger partial charge in [-0.25, -0.2) is 9.59 Å². The van der Waals surface area contributed by atoms with E-state index in [9.17, 15) is 24.3 Å². The highest BCUT2D eigenvalue weighted by molar-refractivity contribution is 5.98. The number of hydrogen-bond donors (Lipinski definition) is 3. The van der Waals surface area contributed by atoms with Crippen molar-refractivity contribution in [2.45, 2.75) is 45.4 Å². The van der Waals surface area contributed by atoms with E-state index in [0.717, 1.165) is 5.56 Å². The van der Waals surface area contributed by atoms with Crippen LogP contribution in [-0.4, -0.2) is 40.7 Å². The fourth-order valence-electron chi connectivity index (χ4n) is 2.61. The van der Waals surface area contributed by atoms with Gasteiger partial charge in [0.15, 0.2) is 0 Å². The fourth-order valence-corrected chi connectivity index (χ4v) is 2.61. The Labute approximate surface area is 185 Å². The Bertz CT molecular complexity index is 968. The monoisotopic (exact) mass is 442 g/mol. The second kappa shape index (κ2) is 10.9. The van der Waals surface area contributed by atoms with Gasteiger partial charge in [0.05, 0.1) is 6.42 Å². The van der Waals surface area contributed by atoms with Crippen molar-refractivity contribution in [2.75, 3.05) is 5.32 Å². The molecule has 32 heavy (non-hydrogen) atoms. The molecule has 2 aromatic rings. The zero-order chi connectivity index (χ0) is 23.7. The zero-order valence-electron chi connectivity index (χ0n) is 18.1. The molecule has 2 aromatic carbocycles. The third kappa shape index (κ3) is 8.47. The largest absolute Gasteiger partial charge is 0.480 e. The first-order valence-electron chi connectivity index (χ1n) is 9.87. The first kappa shape index (κ1) is 24.4. The molecule has 9 heteroatoms. The molecular formula is C23H26N2O7. The maximum atomic E-state index is 12.5. The summed E-state index contributed by atoms with van der Waals surface area (Å²) in [5.41, 5.74) is 0.427. The average Bonchev–Trinajstić information content (AvgIpc) is 2.71. The number of carbonyl (C=O) groups is 4. The van der Waals surface area contributed by atoms with Gasteiger partial charge in [-0.3, -0.25) is 14.9 Å². The number of anilines is 1. The Hall–Kier alpha value is -3.88. The van der Waals surface area contributed by atoms with Gasteiger partial charge in [-0.2, -0.15) is 0 Å². The number of esters is 1. The second-order valence-corrected chi connectivity index (χ2v) is 7.92. The van der Waals surface area contributed by atoms with E-state index in [4.69, 9.17) is 9.47 Å². The molecule has 0 aliphatic carbocycles. The Morgan fingerprint density at radius 1 is 1.00 bits per heavy atom. The first-order chi connectivity index (χ1) is 15.0. The summed E-state index contributed by atoms with van der Waals surface area (Å²) < 4.78 is 10.2. The summed E-state index contributed by atoms with van der Waals surface area (Å²) >= 11 is 0. The zero-order valence-corrected chi connectivity index (χ0v) is 18.1. The molecule has 0 radical (unpaired) electrons. The molecule has 0 heterocycles. The lowest BCUT2D eigenvalue weighted by molar-refractivity contribution is -0.158. The van der Waals surface area contributed by atoms with Gasteiger partial charge in [-0.1, -0.05) is 36.4 Å². The quantitative estimate of drug-likeness (QED) is 0.534. The van der Waals surface area contributed by atoms with Gasteiger partial charge in [0.25, 0.3) is 5.91 Å². The fraction of sp³-hybridized carbons (Fsp3) is 0.304. The molecule has 0 aliphatic rings. The molecule has 0 bridgehead atoms. The van der Waals surface area contributed by atoms with Crippen molar-refractivity contribution >= 4 is 29.6 Å². The van der Waals surface area contributed by atoms with Crippen LogP contribution in [0.4, 0.5) is 10.5 Å². The summed E-state index contributed by atoms with van der Waals surface area (Å²) in [4.78, 5) is 47.9. The van der Waals surface area contributed by atoms with Gasteiger partial charge in [0.1, 0.15) is 18.2 Å². The minimum atomic E-state index is -1.47. The standard InChI is InChI=1S/C23H26N2O7/c1-23(2,3)32-19(26)13-18(21(28)29)25-20(27)16-10-7-11-17(12-16)24-22(30)31-14-15-8-5-4-6-9-15/h4-12,18H,13-14H2,1-3H3,(H,24,30)(H,25,27)(H,28,29)/t18-/m0/s1. The van der Waals surface area contributed by atoms with Crippen LogP contribution in [0.15, 0.2) is 54.6 Å². The van der Waals surface area contributed by atoms with Crippen molar-refractivity contribution in [1.29, 1.82) is 0 Å². The van der Waals surface area contributed by atoms with Gasteiger partial charge in [0, 0.05) is 11.3 Å². The minimum Gasteiger partial charge on any atom is -0.480 e. The lowest BCUT2D eigenvalue weighted by Crippen LogP contribution is -2.43. The normalized spacial score (nSPS) is 11.7. The van der Waals surface area contributed by atoms with E-state index in [1.807, 2.05) is 30.3 Å². The van der Waals surface area contributed by atoms with E-state index < -0.39 is 42.0 Å². The van der Waals surface area contributed by atoms with Crippen LogP contribution in [0.3, 0.4) is 0 Å². The molecule has 170 valence electrons. The summed E-state index contributed by atoms with van der Waals surface area (Å²) in [6.07, 6.45) is -1.23. The van der Waals surface area contributed by atoms with Crippen molar-refractivity contribution in [1.82, 2.24) is 5.32 Å². The SMILES string of the molecule is CC(C)(C)OC(=O)C[C@H](NC(=O)c1cccc(NC(=O)OCc2ccccc2)c1)C(=O)O. The summed E-state index contributed by atoms with van der Waals surface area (Å²) in [5, 5.41) is 14.2. The topological polar surface area (TPSA) is 131 Å². The van der Waals surface area contributed by atoms with E-state index in [0.29, 0.717) is 0 Å². The highest BCUT2D eigenvalue weighted by Crippen LogP contribution is 2.13. The maximum Gasteiger partial charge on any atom is 0.411 e. The molecule has 0 aliphatic heterocycles. The smallest absolute Gasteiger partial charge is 0.411 e. The number of carboxylic acid groups (broad SMARTS) is 1. The highest BCUT2D eigenvalue weighted by Gasteiger charge is 2.27. The van der Waals surface area contributed by atoms with Gasteiger partial charge < -0.3 is 19.9 Å². The molecule has 0 aromatic heterocycles. The predicted molar refractivity (Wildman–Crippen MR) is 116 cm³/mol. The number of hydrogen-bond acceptors (Lipinski definition) is 6. The van der Waals surface area contributed by atoms with Crippen LogP contribution in [0.25, 0.3) is 0 Å². The highest BCUT2D eigenvalue weighted by atomic mass is 16.6. The van der Waals surface area contributed by atoms with Crippen LogP contribution in [-0.2, 0) is 25.7 Å². The maximum absolute atomic E-state index is 12.5. The Morgan fingerprint density at radius 2 is 1.69 bits per heavy atom. The van der Waals surface area contributed by atoms with Crippen LogP contribution in [0.1, 0.15) is 43.1 Å². The van der Waals surface area contributed by atoms with Crippen molar-refractivity contribution in [2.24, 2.45) is 0 Å². The number of benzene rings is 2. The van der Waals surface area contributed by atoms with Crippen molar-refractivity contribution < 1.29 is 33.8 Å². The third-order valence-electron chi connectivity index (χ3n) is 3.98. The molecule has 0 unspecified atom stereocenters. The minimum absolute atomic E-state index is 0.0812. The second-order valence-electron chi connectivity index (χ2n) is 7.92. The Kier molecular flexibility index (Phi) is 8.34. The van der Waals surface area contributed by atoms with Gasteiger partial charge >= 0.3 is 18.0 Å². The molecule has 2 amide bonds. The van der Waals surface area contributed by atoms with E-state index in [-0.39, 0.29) is 17.9 Å². The molecule has 0 fully saturated rings. The Morgan fingerprint density at radius 3 is 2.31 bits per heavy atom. The Balaban J connectivity index is 1.96. The predicted octanol–water partition coefficient (Wildman–Crippen LogP) is 3.35. The van der Waals surface area contributed by atoms with Gasteiger partial charge in [-0.15, -0.1) is 0 Å². The average molecular weight is 442 g/mol. The van der Waals surface area contributed by atoms with E-state index in [2.05, 4.69) is 10.6 Å². The molecule has 3 N–H and O–H groups in total. The number of carboxylic acids is 1. The summed E-state index contributed by atoms with van der Waals surface area (Å²) in [7, 11) is 0. The lowest BCUT2D eigenvalue weighted by Gasteiger charge is -2.21. The van der Waals surface area contributed by atoms with E-state index in [1.54, 1.807) is 26.8 Å². The third-order valence-corrected chi connectivity index (χ3v) is 3.98. The number of rotatable bonds is 8. The molecule has 0 saturated carbocycles. The van der Waals surface area contributed by atoms with Crippen LogP contribution in [0.2, 0.25) is 0 Å².